The van der Waals surface area contributed by atoms with E-state index in [-0.39, 0.29) is 17.5 Å². The van der Waals surface area contributed by atoms with Crippen LogP contribution in [-0.4, -0.2) is 43.6 Å². The van der Waals surface area contributed by atoms with Crippen molar-refractivity contribution in [2.75, 3.05) is 26.7 Å². The molecule has 1 fully saturated rings. The highest BCUT2D eigenvalue weighted by Gasteiger charge is 2.16. The van der Waals surface area contributed by atoms with E-state index < -0.39 is 0 Å². The van der Waals surface area contributed by atoms with E-state index in [2.05, 4.69) is 5.32 Å². The molecule has 1 saturated heterocycles. The minimum absolute atomic E-state index is 0.112. The van der Waals surface area contributed by atoms with Crippen molar-refractivity contribution in [3.8, 4) is 5.75 Å². The smallest absolute Gasteiger partial charge is 0.222 e. The van der Waals surface area contributed by atoms with E-state index in [1.807, 2.05) is 0 Å². The van der Waals surface area contributed by atoms with Gasteiger partial charge in [0.1, 0.15) is 6.61 Å². The zero-order valence-electron chi connectivity index (χ0n) is 12.5. The fourth-order valence-corrected chi connectivity index (χ4v) is 2.47. The highest BCUT2D eigenvalue weighted by Crippen LogP contribution is 2.15. The Bertz CT molecular complexity index is 461. The zero-order chi connectivity index (χ0) is 15.1. The highest BCUT2D eigenvalue weighted by molar-refractivity contribution is 5.75. The lowest BCUT2D eigenvalue weighted by Crippen LogP contribution is -2.32. The molecule has 1 aliphatic heterocycles. The van der Waals surface area contributed by atoms with Gasteiger partial charge in [-0.1, -0.05) is 12.1 Å². The van der Waals surface area contributed by atoms with E-state index >= 15 is 0 Å². The number of carbonyl (C=O) groups excluding carboxylic acids is 1. The third-order valence-corrected chi connectivity index (χ3v) is 3.82. The van der Waals surface area contributed by atoms with Crippen LogP contribution in [0.4, 0.5) is 4.39 Å². The molecule has 5 heteroatoms. The number of carbonyl (C=O) groups is 1. The van der Waals surface area contributed by atoms with Crippen LogP contribution in [0.25, 0.3) is 0 Å². The van der Waals surface area contributed by atoms with Crippen LogP contribution in [0.15, 0.2) is 24.3 Å². The van der Waals surface area contributed by atoms with E-state index in [4.69, 9.17) is 4.74 Å². The van der Waals surface area contributed by atoms with Gasteiger partial charge in [-0.25, -0.2) is 4.39 Å². The Morgan fingerprint density at radius 2 is 2.29 bits per heavy atom. The van der Waals surface area contributed by atoms with E-state index in [1.165, 1.54) is 12.5 Å². The van der Waals surface area contributed by atoms with Crippen molar-refractivity contribution in [1.29, 1.82) is 0 Å². The summed E-state index contributed by atoms with van der Waals surface area (Å²) in [5.74, 6) is -0.0341. The number of rotatable bonds is 7. The maximum atomic E-state index is 13.4. The van der Waals surface area contributed by atoms with Gasteiger partial charge in [0, 0.05) is 19.5 Å². The fourth-order valence-electron chi connectivity index (χ4n) is 2.47. The van der Waals surface area contributed by atoms with Crippen molar-refractivity contribution >= 4 is 5.91 Å². The van der Waals surface area contributed by atoms with Gasteiger partial charge in [0.15, 0.2) is 11.6 Å². The van der Waals surface area contributed by atoms with Crippen LogP contribution in [0.3, 0.4) is 0 Å². The molecule has 2 rings (SSSR count). The van der Waals surface area contributed by atoms with Crippen molar-refractivity contribution < 1.29 is 13.9 Å². The van der Waals surface area contributed by atoms with Crippen LogP contribution in [0.5, 0.6) is 5.75 Å². The summed E-state index contributed by atoms with van der Waals surface area (Å²) >= 11 is 0. The van der Waals surface area contributed by atoms with Gasteiger partial charge < -0.3 is 15.0 Å². The average Bonchev–Trinajstić information content (AvgIpc) is 3.00. The quantitative estimate of drug-likeness (QED) is 0.838. The highest BCUT2D eigenvalue weighted by atomic mass is 19.1. The molecular formula is C16H23FN2O2. The normalized spacial score (nSPS) is 17.7. The molecule has 1 atom stereocenters. The molecular weight excluding hydrogens is 271 g/mol. The molecule has 0 bridgehead atoms. The van der Waals surface area contributed by atoms with Crippen molar-refractivity contribution in [2.24, 2.45) is 0 Å². The average molecular weight is 294 g/mol. The summed E-state index contributed by atoms with van der Waals surface area (Å²) in [5.41, 5.74) is 0. The standard InChI is InChI=1S/C16H23FN2O2/c1-19(16(20)9-8-13-5-4-10-18-13)11-12-21-15-7-3-2-6-14(15)17/h2-3,6-7,13,18H,4-5,8-12H2,1H3. The number of nitrogens with zero attached hydrogens (tertiary/aromatic N) is 1. The summed E-state index contributed by atoms with van der Waals surface area (Å²) in [6, 6.07) is 6.77. The van der Waals surface area contributed by atoms with Crippen LogP contribution in [0.1, 0.15) is 25.7 Å². The zero-order valence-corrected chi connectivity index (χ0v) is 12.5. The molecule has 1 N–H and O–H groups in total. The Labute approximate surface area is 125 Å². The molecule has 0 saturated carbocycles. The summed E-state index contributed by atoms with van der Waals surface area (Å²) < 4.78 is 18.7. The first-order chi connectivity index (χ1) is 10.2. The van der Waals surface area contributed by atoms with Crippen molar-refractivity contribution in [3.63, 3.8) is 0 Å². The Kier molecular flexibility index (Phi) is 5.99. The number of para-hydroxylation sites is 1. The van der Waals surface area contributed by atoms with Gasteiger partial charge in [0.2, 0.25) is 5.91 Å². The minimum Gasteiger partial charge on any atom is -0.489 e. The largest absolute Gasteiger partial charge is 0.489 e. The SMILES string of the molecule is CN(CCOc1ccccc1F)C(=O)CCC1CCCN1. The van der Waals surface area contributed by atoms with Crippen LogP contribution < -0.4 is 10.1 Å². The van der Waals surface area contributed by atoms with E-state index in [0.29, 0.717) is 25.6 Å². The molecule has 1 aromatic carbocycles. The molecule has 1 aromatic rings. The van der Waals surface area contributed by atoms with Gasteiger partial charge in [-0.05, 0) is 37.9 Å². The summed E-state index contributed by atoms with van der Waals surface area (Å²) in [6.45, 7) is 1.82. The number of likely N-dealkylation sites (N-methyl/N-ethyl adjacent to an activating group) is 1. The van der Waals surface area contributed by atoms with Gasteiger partial charge in [-0.3, -0.25) is 4.79 Å². The summed E-state index contributed by atoms with van der Waals surface area (Å²) in [6.07, 6.45) is 3.80. The topological polar surface area (TPSA) is 41.6 Å². The molecule has 1 amide bonds. The molecule has 0 radical (unpaired) electrons. The maximum absolute atomic E-state index is 13.4. The van der Waals surface area contributed by atoms with Gasteiger partial charge in [-0.2, -0.15) is 0 Å². The first-order valence-corrected chi connectivity index (χ1v) is 7.51. The number of hydrogen-bond donors (Lipinski definition) is 1. The van der Waals surface area contributed by atoms with Crippen molar-refractivity contribution in [2.45, 2.75) is 31.7 Å². The second kappa shape index (κ2) is 7.98. The number of nitrogens with one attached hydrogen (secondary N) is 1. The molecule has 0 aliphatic carbocycles. The van der Waals surface area contributed by atoms with Crippen molar-refractivity contribution in [3.05, 3.63) is 30.1 Å². The number of halogens is 1. The van der Waals surface area contributed by atoms with Crippen LogP contribution >= 0.6 is 0 Å². The number of amides is 1. The first kappa shape index (κ1) is 15.8. The van der Waals surface area contributed by atoms with Crippen molar-refractivity contribution in [1.82, 2.24) is 10.2 Å². The molecule has 116 valence electrons. The molecule has 4 nitrogen and oxygen atoms in total. The Hall–Kier alpha value is -1.62. The Balaban J connectivity index is 1.65. The first-order valence-electron chi connectivity index (χ1n) is 7.51. The third-order valence-electron chi connectivity index (χ3n) is 3.82. The van der Waals surface area contributed by atoms with Crippen LogP contribution in [0, 0.1) is 5.82 Å². The summed E-state index contributed by atoms with van der Waals surface area (Å²) in [5, 5.41) is 3.38. The predicted molar refractivity (Wildman–Crippen MR) is 79.8 cm³/mol. The minimum atomic E-state index is -0.376. The van der Waals surface area contributed by atoms with Crippen LogP contribution in [0.2, 0.25) is 0 Å². The second-order valence-electron chi connectivity index (χ2n) is 5.43. The lowest BCUT2D eigenvalue weighted by molar-refractivity contribution is -0.130. The fraction of sp³-hybridized carbons (Fsp3) is 0.562. The molecule has 0 spiro atoms. The molecule has 1 unspecified atom stereocenters. The van der Waals surface area contributed by atoms with Gasteiger partial charge in [0.05, 0.1) is 6.54 Å². The number of benzene rings is 1. The Morgan fingerprint density at radius 1 is 1.48 bits per heavy atom. The molecule has 21 heavy (non-hydrogen) atoms. The molecule has 0 aromatic heterocycles. The third kappa shape index (κ3) is 5.01. The van der Waals surface area contributed by atoms with E-state index in [9.17, 15) is 9.18 Å². The van der Waals surface area contributed by atoms with Gasteiger partial charge in [0.25, 0.3) is 0 Å². The maximum Gasteiger partial charge on any atom is 0.222 e. The Morgan fingerprint density at radius 3 is 3.00 bits per heavy atom. The van der Waals surface area contributed by atoms with Gasteiger partial charge in [-0.15, -0.1) is 0 Å². The predicted octanol–water partition coefficient (Wildman–Crippen LogP) is 2.20. The summed E-state index contributed by atoms with van der Waals surface area (Å²) in [7, 11) is 1.76. The molecule has 1 aliphatic rings. The lowest BCUT2D eigenvalue weighted by atomic mass is 10.1. The lowest BCUT2D eigenvalue weighted by Gasteiger charge is -2.18. The van der Waals surface area contributed by atoms with Gasteiger partial charge >= 0.3 is 0 Å². The monoisotopic (exact) mass is 294 g/mol. The number of hydrogen-bond acceptors (Lipinski definition) is 3. The second-order valence-corrected chi connectivity index (χ2v) is 5.43. The van der Waals surface area contributed by atoms with Crippen LogP contribution in [-0.2, 0) is 4.79 Å². The molecule has 1 heterocycles. The van der Waals surface area contributed by atoms with E-state index in [0.717, 1.165) is 19.4 Å². The van der Waals surface area contributed by atoms with E-state index in [1.54, 1.807) is 30.1 Å². The number of ether oxygens (including phenoxy) is 1. The summed E-state index contributed by atoms with van der Waals surface area (Å²) in [4.78, 5) is 13.6.